The van der Waals surface area contributed by atoms with Crippen LogP contribution in [0.4, 0.5) is 0 Å². The van der Waals surface area contributed by atoms with Crippen LogP contribution in [0.3, 0.4) is 0 Å². The molecule has 1 unspecified atom stereocenters. The van der Waals surface area contributed by atoms with Crippen LogP contribution >= 0.6 is 15.9 Å². The summed E-state index contributed by atoms with van der Waals surface area (Å²) in [6.45, 7) is 1.21. The van der Waals surface area contributed by atoms with E-state index in [1.165, 1.54) is 6.26 Å². The number of carboxylic acid groups (broad SMARTS) is 1. The summed E-state index contributed by atoms with van der Waals surface area (Å²) in [5.41, 5.74) is -0.0526. The molecular formula is C13H14BrNO4. The topological polar surface area (TPSA) is 70.8 Å². The van der Waals surface area contributed by atoms with Crippen molar-refractivity contribution < 1.29 is 19.1 Å². The number of aliphatic carboxylic acids is 1. The van der Waals surface area contributed by atoms with Gasteiger partial charge in [-0.3, -0.25) is 9.59 Å². The van der Waals surface area contributed by atoms with Crippen molar-refractivity contribution in [3.8, 4) is 0 Å². The summed E-state index contributed by atoms with van der Waals surface area (Å²) in [5.74, 6) is -0.713. The SMILES string of the molecule is O=C(O)C1CC12CCN(C(=O)c1occc1Br)CC2. The molecule has 1 N–H and O–H groups in total. The first-order valence-electron chi connectivity index (χ1n) is 6.28. The minimum atomic E-state index is -0.700. The smallest absolute Gasteiger partial charge is 0.307 e. The number of piperidine rings is 1. The summed E-state index contributed by atoms with van der Waals surface area (Å²) >= 11 is 3.28. The summed E-state index contributed by atoms with van der Waals surface area (Å²) in [6.07, 6.45) is 3.78. The normalized spacial score (nSPS) is 24.5. The van der Waals surface area contributed by atoms with Crippen LogP contribution in [0.25, 0.3) is 0 Å². The Kier molecular flexibility index (Phi) is 2.92. The highest BCUT2D eigenvalue weighted by molar-refractivity contribution is 9.10. The standard InChI is InChI=1S/C13H14BrNO4/c14-9-1-6-19-10(9)11(16)15-4-2-13(3-5-15)7-8(13)12(17)18/h1,6,8H,2-5,7H2,(H,17,18). The molecule has 1 atom stereocenters. The van der Waals surface area contributed by atoms with E-state index in [9.17, 15) is 9.59 Å². The molecule has 5 nitrogen and oxygen atoms in total. The third-order valence-corrected chi connectivity index (χ3v) is 4.97. The molecule has 0 radical (unpaired) electrons. The highest BCUT2D eigenvalue weighted by atomic mass is 79.9. The fourth-order valence-corrected chi connectivity index (χ4v) is 3.37. The van der Waals surface area contributed by atoms with Crippen LogP contribution < -0.4 is 0 Å². The number of carbonyl (C=O) groups is 2. The van der Waals surface area contributed by atoms with E-state index < -0.39 is 5.97 Å². The van der Waals surface area contributed by atoms with Crippen LogP contribution in [0.15, 0.2) is 21.2 Å². The molecule has 1 saturated heterocycles. The molecule has 0 aromatic carbocycles. The Labute approximate surface area is 118 Å². The lowest BCUT2D eigenvalue weighted by Gasteiger charge is -2.32. The van der Waals surface area contributed by atoms with Crippen LogP contribution in [0.5, 0.6) is 0 Å². The quantitative estimate of drug-likeness (QED) is 0.905. The lowest BCUT2D eigenvalue weighted by atomic mass is 9.90. The maximum Gasteiger partial charge on any atom is 0.307 e. The van der Waals surface area contributed by atoms with Crippen molar-refractivity contribution >= 4 is 27.8 Å². The summed E-state index contributed by atoms with van der Waals surface area (Å²) in [6, 6.07) is 1.69. The number of hydrogen-bond acceptors (Lipinski definition) is 3. The van der Waals surface area contributed by atoms with Gasteiger partial charge in [0.25, 0.3) is 5.91 Å². The molecule has 1 amide bonds. The Morgan fingerprint density at radius 2 is 2.11 bits per heavy atom. The van der Waals surface area contributed by atoms with Gasteiger partial charge in [-0.2, -0.15) is 0 Å². The van der Waals surface area contributed by atoms with Gasteiger partial charge < -0.3 is 14.4 Å². The molecule has 1 aliphatic carbocycles. The van der Waals surface area contributed by atoms with E-state index in [-0.39, 0.29) is 17.2 Å². The van der Waals surface area contributed by atoms with Gasteiger partial charge in [0.2, 0.25) is 5.76 Å². The molecule has 1 aliphatic heterocycles. The van der Waals surface area contributed by atoms with Crippen LogP contribution in [-0.4, -0.2) is 35.0 Å². The zero-order valence-corrected chi connectivity index (χ0v) is 11.9. The molecular weight excluding hydrogens is 314 g/mol. The van der Waals surface area contributed by atoms with Gasteiger partial charge in [-0.25, -0.2) is 0 Å². The number of halogens is 1. The molecule has 3 rings (SSSR count). The Hall–Kier alpha value is -1.30. The van der Waals surface area contributed by atoms with E-state index in [4.69, 9.17) is 9.52 Å². The number of hydrogen-bond donors (Lipinski definition) is 1. The predicted molar refractivity (Wildman–Crippen MR) is 69.7 cm³/mol. The summed E-state index contributed by atoms with van der Waals surface area (Å²) < 4.78 is 5.83. The molecule has 2 fully saturated rings. The molecule has 102 valence electrons. The molecule has 1 aromatic rings. The zero-order valence-electron chi connectivity index (χ0n) is 10.3. The Morgan fingerprint density at radius 3 is 2.58 bits per heavy atom. The van der Waals surface area contributed by atoms with Gasteiger partial charge in [0.05, 0.1) is 16.7 Å². The number of rotatable bonds is 2. The molecule has 1 saturated carbocycles. The number of carboxylic acids is 1. The minimum Gasteiger partial charge on any atom is -0.481 e. The largest absolute Gasteiger partial charge is 0.481 e. The van der Waals surface area contributed by atoms with E-state index in [1.54, 1.807) is 11.0 Å². The van der Waals surface area contributed by atoms with E-state index in [0.29, 0.717) is 23.3 Å². The lowest BCUT2D eigenvalue weighted by molar-refractivity contribution is -0.139. The number of furan rings is 1. The van der Waals surface area contributed by atoms with Gasteiger partial charge in [-0.05, 0) is 46.7 Å². The molecule has 2 aliphatic rings. The van der Waals surface area contributed by atoms with Crippen molar-refractivity contribution in [2.24, 2.45) is 11.3 Å². The monoisotopic (exact) mass is 327 g/mol. The van der Waals surface area contributed by atoms with Crippen molar-refractivity contribution in [1.82, 2.24) is 4.90 Å². The first-order valence-corrected chi connectivity index (χ1v) is 7.08. The van der Waals surface area contributed by atoms with Crippen molar-refractivity contribution in [2.45, 2.75) is 19.3 Å². The fraction of sp³-hybridized carbons (Fsp3) is 0.538. The average Bonchev–Trinajstić information content (AvgIpc) is 2.92. The predicted octanol–water partition coefficient (Wildman–Crippen LogP) is 2.37. The van der Waals surface area contributed by atoms with E-state index in [1.807, 2.05) is 0 Å². The van der Waals surface area contributed by atoms with Crippen molar-refractivity contribution in [1.29, 1.82) is 0 Å². The molecule has 1 aromatic heterocycles. The number of carbonyl (C=O) groups excluding carboxylic acids is 1. The van der Waals surface area contributed by atoms with Gasteiger partial charge in [0, 0.05) is 13.1 Å². The third-order valence-electron chi connectivity index (χ3n) is 4.35. The third kappa shape index (κ3) is 2.08. The summed E-state index contributed by atoms with van der Waals surface area (Å²) in [5, 5.41) is 9.03. The number of likely N-dealkylation sites (tertiary alicyclic amines) is 1. The van der Waals surface area contributed by atoms with Crippen LogP contribution in [0, 0.1) is 11.3 Å². The second kappa shape index (κ2) is 4.37. The molecule has 6 heteroatoms. The van der Waals surface area contributed by atoms with Crippen molar-refractivity contribution in [3.63, 3.8) is 0 Å². The second-order valence-corrected chi connectivity index (χ2v) is 6.20. The molecule has 1 spiro atoms. The van der Waals surface area contributed by atoms with Gasteiger partial charge in [-0.15, -0.1) is 0 Å². The van der Waals surface area contributed by atoms with Gasteiger partial charge in [-0.1, -0.05) is 0 Å². The minimum absolute atomic E-state index is 0.0526. The highest BCUT2D eigenvalue weighted by Gasteiger charge is 2.59. The molecule has 2 heterocycles. The number of amides is 1. The average molecular weight is 328 g/mol. The van der Waals surface area contributed by atoms with Crippen molar-refractivity contribution in [3.05, 3.63) is 22.6 Å². The Morgan fingerprint density at radius 1 is 1.42 bits per heavy atom. The molecule has 0 bridgehead atoms. The first kappa shape index (κ1) is 12.7. The van der Waals surface area contributed by atoms with E-state index >= 15 is 0 Å². The summed E-state index contributed by atoms with van der Waals surface area (Å²) in [7, 11) is 0. The van der Waals surface area contributed by atoms with E-state index in [2.05, 4.69) is 15.9 Å². The lowest BCUT2D eigenvalue weighted by Crippen LogP contribution is -2.40. The Bertz CT molecular complexity index is 531. The second-order valence-electron chi connectivity index (χ2n) is 5.35. The van der Waals surface area contributed by atoms with Gasteiger partial charge in [0.15, 0.2) is 0 Å². The van der Waals surface area contributed by atoms with Gasteiger partial charge in [0.1, 0.15) is 0 Å². The summed E-state index contributed by atoms with van der Waals surface area (Å²) in [4.78, 5) is 24.9. The zero-order chi connectivity index (χ0) is 13.6. The van der Waals surface area contributed by atoms with Crippen molar-refractivity contribution in [2.75, 3.05) is 13.1 Å². The van der Waals surface area contributed by atoms with Crippen LogP contribution in [-0.2, 0) is 4.79 Å². The van der Waals surface area contributed by atoms with Gasteiger partial charge >= 0.3 is 5.97 Å². The maximum atomic E-state index is 12.2. The fourth-order valence-electron chi connectivity index (χ4n) is 2.99. The van der Waals surface area contributed by atoms with Crippen LogP contribution in [0.1, 0.15) is 29.8 Å². The van der Waals surface area contributed by atoms with E-state index in [0.717, 1.165) is 19.3 Å². The van der Waals surface area contributed by atoms with Crippen LogP contribution in [0.2, 0.25) is 0 Å². The Balaban J connectivity index is 1.64. The first-order chi connectivity index (χ1) is 9.03. The highest BCUT2D eigenvalue weighted by Crippen LogP contribution is 2.59. The maximum absolute atomic E-state index is 12.2. The number of nitrogens with zero attached hydrogens (tertiary/aromatic N) is 1. The molecule has 19 heavy (non-hydrogen) atoms.